The molecule has 1 aliphatic rings. The van der Waals surface area contributed by atoms with E-state index in [-0.39, 0.29) is 0 Å². The van der Waals surface area contributed by atoms with Gasteiger partial charge in [-0.15, -0.1) is 0 Å². The zero-order valence-corrected chi connectivity index (χ0v) is 11.0. The lowest BCUT2D eigenvalue weighted by molar-refractivity contribution is 0.699. The molecule has 0 saturated heterocycles. The minimum atomic E-state index is 1.10. The molecule has 2 nitrogen and oxygen atoms in total. The molecule has 2 aromatic rings. The molecule has 0 bridgehead atoms. The highest BCUT2D eigenvalue weighted by Gasteiger charge is 2.16. The molecule has 3 rings (SSSR count). The number of aryl methyl sites for hydroxylation is 1. The summed E-state index contributed by atoms with van der Waals surface area (Å²) in [5.74, 6) is 0. The van der Waals surface area contributed by atoms with Gasteiger partial charge in [0.1, 0.15) is 0 Å². The lowest BCUT2D eigenvalue weighted by atomic mass is 10.1. The van der Waals surface area contributed by atoms with E-state index < -0.39 is 0 Å². The van der Waals surface area contributed by atoms with Gasteiger partial charge in [0.15, 0.2) is 0 Å². The number of aromatic nitrogens is 1. The van der Waals surface area contributed by atoms with E-state index in [2.05, 4.69) is 51.1 Å². The molecule has 0 unspecified atom stereocenters. The Labute approximate surface area is 104 Å². The van der Waals surface area contributed by atoms with Gasteiger partial charge < -0.3 is 9.88 Å². The summed E-state index contributed by atoms with van der Waals surface area (Å²) in [4.78, 5) is 0. The number of hydrogen-bond acceptors (Lipinski definition) is 1. The second-order valence-electron chi connectivity index (χ2n) is 4.40. The standard InChI is InChI=1S/C13H15BrN2/c1-16-12-5-7-15-6-4-11(12)10-3-2-9(14)8-13(10)16/h2-3,8,15H,4-7H2,1H3. The van der Waals surface area contributed by atoms with E-state index in [0.717, 1.165) is 30.4 Å². The molecule has 0 radical (unpaired) electrons. The number of nitrogens with one attached hydrogen (secondary N) is 1. The van der Waals surface area contributed by atoms with Gasteiger partial charge in [-0.05, 0) is 30.7 Å². The monoisotopic (exact) mass is 278 g/mol. The lowest BCUT2D eigenvalue weighted by Crippen LogP contribution is -2.16. The molecule has 0 atom stereocenters. The molecule has 1 N–H and O–H groups in total. The zero-order chi connectivity index (χ0) is 11.1. The zero-order valence-electron chi connectivity index (χ0n) is 9.39. The first-order valence-electron chi connectivity index (χ1n) is 5.74. The number of rotatable bonds is 0. The third-order valence-electron chi connectivity index (χ3n) is 3.49. The summed E-state index contributed by atoms with van der Waals surface area (Å²) in [7, 11) is 2.18. The van der Waals surface area contributed by atoms with Gasteiger partial charge in [0.2, 0.25) is 0 Å². The van der Waals surface area contributed by atoms with Crippen LogP contribution in [-0.4, -0.2) is 17.7 Å². The van der Waals surface area contributed by atoms with E-state index in [9.17, 15) is 0 Å². The van der Waals surface area contributed by atoms with E-state index in [1.54, 1.807) is 0 Å². The van der Waals surface area contributed by atoms with Crippen LogP contribution in [-0.2, 0) is 19.9 Å². The highest BCUT2D eigenvalue weighted by molar-refractivity contribution is 9.10. The Kier molecular flexibility index (Phi) is 2.52. The summed E-state index contributed by atoms with van der Waals surface area (Å²) in [6.07, 6.45) is 2.28. The van der Waals surface area contributed by atoms with Crippen molar-refractivity contribution >= 4 is 26.8 Å². The molecule has 1 aliphatic heterocycles. The molecule has 16 heavy (non-hydrogen) atoms. The molecule has 3 heteroatoms. The Balaban J connectivity index is 2.31. The topological polar surface area (TPSA) is 17.0 Å². The Bertz CT molecular complexity index is 542. The van der Waals surface area contributed by atoms with Crippen LogP contribution in [0, 0.1) is 0 Å². The molecule has 0 saturated carbocycles. The van der Waals surface area contributed by atoms with Crippen LogP contribution in [0.25, 0.3) is 10.9 Å². The molecule has 1 aromatic carbocycles. The van der Waals surface area contributed by atoms with Gasteiger partial charge in [-0.1, -0.05) is 22.0 Å². The van der Waals surface area contributed by atoms with E-state index in [1.165, 1.54) is 22.2 Å². The number of fused-ring (bicyclic) bond motifs is 3. The van der Waals surface area contributed by atoms with E-state index in [4.69, 9.17) is 0 Å². The second-order valence-corrected chi connectivity index (χ2v) is 5.31. The lowest BCUT2D eigenvalue weighted by Gasteiger charge is -2.03. The van der Waals surface area contributed by atoms with Crippen molar-refractivity contribution < 1.29 is 0 Å². The smallest absolute Gasteiger partial charge is 0.0494 e. The van der Waals surface area contributed by atoms with Gasteiger partial charge in [0, 0.05) is 41.1 Å². The highest BCUT2D eigenvalue weighted by atomic mass is 79.9. The van der Waals surface area contributed by atoms with Gasteiger partial charge in [-0.3, -0.25) is 0 Å². The van der Waals surface area contributed by atoms with Crippen LogP contribution in [0.3, 0.4) is 0 Å². The Hall–Kier alpha value is -0.800. The number of benzene rings is 1. The predicted octanol–water partition coefficient (Wildman–Crippen LogP) is 2.63. The Morgan fingerprint density at radius 2 is 2.06 bits per heavy atom. The first kappa shape index (κ1) is 10.4. The highest BCUT2D eigenvalue weighted by Crippen LogP contribution is 2.29. The van der Waals surface area contributed by atoms with Gasteiger partial charge in [0.05, 0.1) is 0 Å². The number of hydrogen-bond donors (Lipinski definition) is 1. The van der Waals surface area contributed by atoms with Crippen molar-refractivity contribution in [2.24, 2.45) is 7.05 Å². The van der Waals surface area contributed by atoms with Crippen molar-refractivity contribution in [2.45, 2.75) is 12.8 Å². The third kappa shape index (κ3) is 1.50. The first-order chi connectivity index (χ1) is 7.77. The van der Waals surface area contributed by atoms with Gasteiger partial charge in [0.25, 0.3) is 0 Å². The van der Waals surface area contributed by atoms with Crippen LogP contribution in [0.4, 0.5) is 0 Å². The molecule has 2 heterocycles. The molecule has 0 spiro atoms. The van der Waals surface area contributed by atoms with Gasteiger partial charge in [-0.2, -0.15) is 0 Å². The molecule has 0 amide bonds. The van der Waals surface area contributed by atoms with Crippen molar-refractivity contribution in [3.63, 3.8) is 0 Å². The van der Waals surface area contributed by atoms with Crippen LogP contribution < -0.4 is 5.32 Å². The molecular formula is C13H15BrN2. The summed E-state index contributed by atoms with van der Waals surface area (Å²) in [6, 6.07) is 6.60. The maximum atomic E-state index is 3.55. The first-order valence-corrected chi connectivity index (χ1v) is 6.53. The summed E-state index contributed by atoms with van der Waals surface area (Å²) in [5.41, 5.74) is 4.38. The number of nitrogens with zero attached hydrogens (tertiary/aromatic N) is 1. The SMILES string of the molecule is Cn1c2c(c3ccc(Br)cc31)CCNCC2. The van der Waals surface area contributed by atoms with Crippen LogP contribution in [0.15, 0.2) is 22.7 Å². The summed E-state index contributed by atoms with van der Waals surface area (Å²) < 4.78 is 3.51. The van der Waals surface area contributed by atoms with Crippen molar-refractivity contribution in [3.8, 4) is 0 Å². The Morgan fingerprint density at radius 1 is 1.25 bits per heavy atom. The fourth-order valence-corrected chi connectivity index (χ4v) is 3.03. The van der Waals surface area contributed by atoms with Crippen molar-refractivity contribution in [1.29, 1.82) is 0 Å². The van der Waals surface area contributed by atoms with E-state index in [0.29, 0.717) is 0 Å². The van der Waals surface area contributed by atoms with Crippen molar-refractivity contribution in [3.05, 3.63) is 33.9 Å². The minimum absolute atomic E-state index is 1.10. The van der Waals surface area contributed by atoms with Crippen LogP contribution in [0.5, 0.6) is 0 Å². The predicted molar refractivity (Wildman–Crippen MR) is 70.9 cm³/mol. The second kappa shape index (κ2) is 3.90. The molecular weight excluding hydrogens is 264 g/mol. The molecule has 1 aromatic heterocycles. The number of halogens is 1. The van der Waals surface area contributed by atoms with E-state index in [1.807, 2.05) is 0 Å². The Morgan fingerprint density at radius 3 is 2.94 bits per heavy atom. The molecule has 0 aliphatic carbocycles. The minimum Gasteiger partial charge on any atom is -0.347 e. The van der Waals surface area contributed by atoms with Crippen molar-refractivity contribution in [2.75, 3.05) is 13.1 Å². The summed E-state index contributed by atoms with van der Waals surface area (Å²) in [6.45, 7) is 2.19. The average molecular weight is 279 g/mol. The third-order valence-corrected chi connectivity index (χ3v) is 3.98. The van der Waals surface area contributed by atoms with Gasteiger partial charge >= 0.3 is 0 Å². The maximum Gasteiger partial charge on any atom is 0.0494 e. The summed E-state index contributed by atoms with van der Waals surface area (Å²) in [5, 5.41) is 4.88. The van der Waals surface area contributed by atoms with Gasteiger partial charge in [-0.25, -0.2) is 0 Å². The molecule has 84 valence electrons. The molecule has 0 fully saturated rings. The van der Waals surface area contributed by atoms with Crippen LogP contribution in [0.2, 0.25) is 0 Å². The quantitative estimate of drug-likeness (QED) is 0.784. The fourth-order valence-electron chi connectivity index (χ4n) is 2.68. The normalized spacial score (nSPS) is 16.1. The van der Waals surface area contributed by atoms with E-state index >= 15 is 0 Å². The largest absolute Gasteiger partial charge is 0.347 e. The maximum absolute atomic E-state index is 3.55. The summed E-state index contributed by atoms with van der Waals surface area (Å²) >= 11 is 3.55. The van der Waals surface area contributed by atoms with Crippen molar-refractivity contribution in [1.82, 2.24) is 9.88 Å². The van der Waals surface area contributed by atoms with Crippen LogP contribution in [0.1, 0.15) is 11.3 Å². The fraction of sp³-hybridized carbons (Fsp3) is 0.385. The van der Waals surface area contributed by atoms with Crippen LogP contribution >= 0.6 is 15.9 Å². The average Bonchev–Trinajstić information content (AvgIpc) is 2.47.